The van der Waals surface area contributed by atoms with Crippen molar-refractivity contribution in [2.75, 3.05) is 0 Å². The van der Waals surface area contributed by atoms with Gasteiger partial charge in [0.1, 0.15) is 0 Å². The van der Waals surface area contributed by atoms with Crippen LogP contribution in [0.15, 0.2) is 61.7 Å². The van der Waals surface area contributed by atoms with Crippen LogP contribution in [-0.2, 0) is 13.1 Å². The van der Waals surface area contributed by atoms with Crippen molar-refractivity contribution >= 4 is 12.2 Å². The molecule has 0 unspecified atom stereocenters. The second-order valence-electron chi connectivity index (χ2n) is 4.49. The van der Waals surface area contributed by atoms with Crippen LogP contribution in [0.4, 0.5) is 0 Å². The zero-order valence-electron chi connectivity index (χ0n) is 11.1. The van der Waals surface area contributed by atoms with Crippen LogP contribution in [0.5, 0.6) is 0 Å². The summed E-state index contributed by atoms with van der Waals surface area (Å²) >= 11 is 0. The van der Waals surface area contributed by atoms with Gasteiger partial charge in [0.05, 0.1) is 0 Å². The molecule has 2 rings (SSSR count). The average Bonchev–Trinajstić information content (AvgIpc) is 2.49. The van der Waals surface area contributed by atoms with Crippen LogP contribution in [0.25, 0.3) is 12.2 Å². The molecular weight excluding hydrogens is 230 g/mol. The van der Waals surface area contributed by atoms with Crippen molar-refractivity contribution in [1.82, 2.24) is 5.32 Å². The van der Waals surface area contributed by atoms with Crippen molar-refractivity contribution in [2.45, 2.75) is 13.1 Å². The Morgan fingerprint density at radius 1 is 0.684 bits per heavy atom. The molecule has 0 saturated heterocycles. The summed E-state index contributed by atoms with van der Waals surface area (Å²) in [6.45, 7) is 9.26. The Balaban J connectivity index is 1.84. The molecule has 0 atom stereocenters. The van der Waals surface area contributed by atoms with E-state index in [1.165, 1.54) is 11.1 Å². The van der Waals surface area contributed by atoms with Crippen LogP contribution in [0.2, 0.25) is 0 Å². The molecule has 1 N–H and O–H groups in total. The van der Waals surface area contributed by atoms with Gasteiger partial charge < -0.3 is 5.32 Å². The molecule has 2 aromatic carbocycles. The summed E-state index contributed by atoms with van der Waals surface area (Å²) in [6, 6.07) is 16.9. The second kappa shape index (κ2) is 6.72. The number of hydrogen-bond acceptors (Lipinski definition) is 1. The molecule has 1 heteroatoms. The van der Waals surface area contributed by atoms with E-state index in [1.807, 2.05) is 12.2 Å². The molecule has 2 aromatic rings. The Bertz CT molecular complexity index is 483. The van der Waals surface area contributed by atoms with E-state index in [-0.39, 0.29) is 0 Å². The minimum atomic E-state index is 0.876. The Morgan fingerprint density at radius 2 is 1.05 bits per heavy atom. The third kappa shape index (κ3) is 3.94. The van der Waals surface area contributed by atoms with Crippen molar-refractivity contribution in [2.24, 2.45) is 0 Å². The molecule has 0 fully saturated rings. The fourth-order valence-electron chi connectivity index (χ4n) is 1.89. The summed E-state index contributed by atoms with van der Waals surface area (Å²) in [6.07, 6.45) is 3.72. The lowest BCUT2D eigenvalue weighted by atomic mass is 10.1. The Hall–Kier alpha value is -2.12. The number of benzene rings is 2. The first kappa shape index (κ1) is 13.3. The van der Waals surface area contributed by atoms with Gasteiger partial charge in [0.25, 0.3) is 0 Å². The maximum Gasteiger partial charge on any atom is 0.0208 e. The van der Waals surface area contributed by atoms with E-state index in [4.69, 9.17) is 0 Å². The lowest BCUT2D eigenvalue weighted by Crippen LogP contribution is -2.12. The van der Waals surface area contributed by atoms with Gasteiger partial charge in [0, 0.05) is 13.1 Å². The number of hydrogen-bond donors (Lipinski definition) is 1. The average molecular weight is 249 g/mol. The summed E-state index contributed by atoms with van der Waals surface area (Å²) in [4.78, 5) is 0. The van der Waals surface area contributed by atoms with Crippen molar-refractivity contribution in [3.63, 3.8) is 0 Å². The van der Waals surface area contributed by atoms with Crippen molar-refractivity contribution in [3.05, 3.63) is 83.9 Å². The van der Waals surface area contributed by atoms with Crippen LogP contribution in [0, 0.1) is 0 Å². The van der Waals surface area contributed by atoms with Gasteiger partial charge in [-0.25, -0.2) is 0 Å². The van der Waals surface area contributed by atoms with Crippen molar-refractivity contribution < 1.29 is 0 Å². The Labute approximate surface area is 115 Å². The van der Waals surface area contributed by atoms with E-state index in [9.17, 15) is 0 Å². The van der Waals surface area contributed by atoms with Gasteiger partial charge in [0.2, 0.25) is 0 Å². The normalized spacial score (nSPS) is 10.1. The van der Waals surface area contributed by atoms with Crippen LogP contribution < -0.4 is 5.32 Å². The van der Waals surface area contributed by atoms with E-state index >= 15 is 0 Å². The summed E-state index contributed by atoms with van der Waals surface area (Å²) in [5.74, 6) is 0. The summed E-state index contributed by atoms with van der Waals surface area (Å²) in [7, 11) is 0. The lowest BCUT2D eigenvalue weighted by molar-refractivity contribution is 0.693. The first-order valence-electron chi connectivity index (χ1n) is 6.45. The van der Waals surface area contributed by atoms with Gasteiger partial charge in [-0.15, -0.1) is 0 Å². The monoisotopic (exact) mass is 249 g/mol. The molecule has 0 aromatic heterocycles. The molecule has 0 aliphatic heterocycles. The number of rotatable bonds is 6. The maximum absolute atomic E-state index is 3.75. The van der Waals surface area contributed by atoms with Crippen LogP contribution in [0.1, 0.15) is 22.3 Å². The molecule has 0 saturated carbocycles. The summed E-state index contributed by atoms with van der Waals surface area (Å²) in [5, 5.41) is 3.44. The first-order chi connectivity index (χ1) is 9.31. The van der Waals surface area contributed by atoms with Crippen molar-refractivity contribution in [1.29, 1.82) is 0 Å². The zero-order chi connectivity index (χ0) is 13.5. The highest BCUT2D eigenvalue weighted by atomic mass is 14.8. The first-order valence-corrected chi connectivity index (χ1v) is 6.45. The predicted octanol–water partition coefficient (Wildman–Crippen LogP) is 4.26. The lowest BCUT2D eigenvalue weighted by Gasteiger charge is -2.06. The highest BCUT2D eigenvalue weighted by molar-refractivity contribution is 5.47. The Morgan fingerprint density at radius 3 is 1.37 bits per heavy atom. The van der Waals surface area contributed by atoms with E-state index in [0.717, 1.165) is 24.2 Å². The van der Waals surface area contributed by atoms with E-state index in [0.29, 0.717) is 0 Å². The predicted molar refractivity (Wildman–Crippen MR) is 83.6 cm³/mol. The standard InChI is InChI=1S/C18H19N/c1-3-15-5-9-17(10-6-15)13-19-14-18-11-7-16(4-2)8-12-18/h3-12,19H,1-2,13-14H2. The van der Waals surface area contributed by atoms with Crippen LogP contribution in [0.3, 0.4) is 0 Å². The van der Waals surface area contributed by atoms with Gasteiger partial charge in [-0.2, -0.15) is 0 Å². The third-order valence-corrected chi connectivity index (χ3v) is 3.09. The van der Waals surface area contributed by atoms with Gasteiger partial charge in [-0.1, -0.05) is 73.8 Å². The topological polar surface area (TPSA) is 12.0 Å². The quantitative estimate of drug-likeness (QED) is 0.806. The van der Waals surface area contributed by atoms with Crippen LogP contribution >= 0.6 is 0 Å². The molecule has 0 amide bonds. The fourth-order valence-corrected chi connectivity index (χ4v) is 1.89. The van der Waals surface area contributed by atoms with Gasteiger partial charge >= 0.3 is 0 Å². The molecule has 1 nitrogen and oxygen atoms in total. The van der Waals surface area contributed by atoms with Crippen molar-refractivity contribution in [3.8, 4) is 0 Å². The largest absolute Gasteiger partial charge is 0.309 e. The number of nitrogens with one attached hydrogen (secondary N) is 1. The minimum Gasteiger partial charge on any atom is -0.309 e. The van der Waals surface area contributed by atoms with Gasteiger partial charge in [0.15, 0.2) is 0 Å². The highest BCUT2D eigenvalue weighted by Gasteiger charge is 1.95. The van der Waals surface area contributed by atoms with Gasteiger partial charge in [-0.3, -0.25) is 0 Å². The zero-order valence-corrected chi connectivity index (χ0v) is 11.1. The van der Waals surface area contributed by atoms with Crippen LogP contribution in [-0.4, -0.2) is 0 Å². The minimum absolute atomic E-state index is 0.876. The molecule has 0 heterocycles. The SMILES string of the molecule is C=Cc1ccc(CNCc2ccc(C=C)cc2)cc1. The van der Waals surface area contributed by atoms with E-state index < -0.39 is 0 Å². The molecule has 19 heavy (non-hydrogen) atoms. The van der Waals surface area contributed by atoms with Gasteiger partial charge in [-0.05, 0) is 22.3 Å². The summed E-state index contributed by atoms with van der Waals surface area (Å²) < 4.78 is 0. The second-order valence-corrected chi connectivity index (χ2v) is 4.49. The highest BCUT2D eigenvalue weighted by Crippen LogP contribution is 2.07. The molecule has 0 radical (unpaired) electrons. The summed E-state index contributed by atoms with van der Waals surface area (Å²) in [5.41, 5.74) is 4.88. The van der Waals surface area contributed by atoms with E-state index in [1.54, 1.807) is 0 Å². The molecule has 0 spiro atoms. The molecule has 0 aliphatic carbocycles. The smallest absolute Gasteiger partial charge is 0.0208 e. The fraction of sp³-hybridized carbons (Fsp3) is 0.111. The molecule has 0 aliphatic rings. The van der Waals surface area contributed by atoms with E-state index in [2.05, 4.69) is 67.0 Å². The Kier molecular flexibility index (Phi) is 4.71. The molecule has 0 bridgehead atoms. The molecule has 96 valence electrons. The molecular formula is C18H19N. The maximum atomic E-state index is 3.75. The third-order valence-electron chi connectivity index (χ3n) is 3.09.